The van der Waals surface area contributed by atoms with E-state index < -0.39 is 11.0 Å². The largest absolute Gasteiger partial charge is 0.392 e. The van der Waals surface area contributed by atoms with E-state index in [-0.39, 0.29) is 6.61 Å². The summed E-state index contributed by atoms with van der Waals surface area (Å²) in [5.41, 5.74) is 1.48. The highest BCUT2D eigenvalue weighted by Crippen LogP contribution is 2.14. The fourth-order valence-corrected chi connectivity index (χ4v) is 1.42. The van der Waals surface area contributed by atoms with Crippen LogP contribution in [0.15, 0.2) is 24.3 Å². The predicted molar refractivity (Wildman–Crippen MR) is 50.1 cm³/mol. The first kappa shape index (κ1) is 9.22. The molecule has 1 atom stereocenters. The van der Waals surface area contributed by atoms with E-state index in [9.17, 15) is 4.21 Å². The Morgan fingerprint density at radius 1 is 1.50 bits per heavy atom. The van der Waals surface area contributed by atoms with Crippen LogP contribution >= 0.6 is 0 Å². The Labute approximate surface area is 74.0 Å². The molecule has 0 heterocycles. The van der Waals surface area contributed by atoms with Crippen molar-refractivity contribution in [1.82, 2.24) is 0 Å². The number of aliphatic hydroxyl groups excluding tert-OH is 1. The molecule has 0 fully saturated rings. The maximum Gasteiger partial charge on any atom is 0.113 e. The van der Waals surface area contributed by atoms with Crippen molar-refractivity contribution in [3.05, 3.63) is 29.8 Å². The van der Waals surface area contributed by atoms with Crippen LogP contribution in [0.25, 0.3) is 0 Å². The normalized spacial score (nSPS) is 12.5. The van der Waals surface area contributed by atoms with Crippen LogP contribution in [-0.2, 0) is 17.6 Å². The van der Waals surface area contributed by atoms with Crippen LogP contribution in [0.4, 0.5) is 5.69 Å². The van der Waals surface area contributed by atoms with Gasteiger partial charge in [0.2, 0.25) is 0 Å². The first-order valence-corrected chi connectivity index (χ1v) is 5.08. The van der Waals surface area contributed by atoms with Gasteiger partial charge in [-0.1, -0.05) is 18.2 Å². The molecule has 0 bridgehead atoms. The van der Waals surface area contributed by atoms with Crippen molar-refractivity contribution in [1.29, 1.82) is 0 Å². The summed E-state index contributed by atoms with van der Waals surface area (Å²) in [7, 11) is -1.09. The smallest absolute Gasteiger partial charge is 0.113 e. The van der Waals surface area contributed by atoms with Gasteiger partial charge in [-0.05, 0) is 6.07 Å². The Balaban J connectivity index is 2.89. The highest BCUT2D eigenvalue weighted by Gasteiger charge is 1.99. The van der Waals surface area contributed by atoms with Gasteiger partial charge in [0, 0.05) is 11.8 Å². The molecule has 1 aromatic carbocycles. The first-order valence-electron chi connectivity index (χ1n) is 3.53. The Morgan fingerprint density at radius 3 is 2.75 bits per heavy atom. The second kappa shape index (κ2) is 4.23. The number of rotatable bonds is 3. The lowest BCUT2D eigenvalue weighted by Crippen LogP contribution is -2.03. The Hall–Kier alpha value is -0.870. The molecule has 0 saturated heterocycles. The van der Waals surface area contributed by atoms with Crippen LogP contribution in [0, 0.1) is 0 Å². The van der Waals surface area contributed by atoms with Crippen LogP contribution in [0.5, 0.6) is 0 Å². The fraction of sp³-hybridized carbons (Fsp3) is 0.250. The summed E-state index contributed by atoms with van der Waals surface area (Å²) in [6.45, 7) is -0.0413. The lowest BCUT2D eigenvalue weighted by atomic mass is 10.2. The molecule has 1 unspecified atom stereocenters. The van der Waals surface area contributed by atoms with Crippen molar-refractivity contribution in [2.75, 3.05) is 11.0 Å². The lowest BCUT2D eigenvalue weighted by molar-refractivity contribution is 0.282. The quantitative estimate of drug-likeness (QED) is 0.734. The summed E-state index contributed by atoms with van der Waals surface area (Å²) in [6.07, 6.45) is 1.55. The van der Waals surface area contributed by atoms with Crippen LogP contribution in [-0.4, -0.2) is 15.6 Å². The molecule has 1 rings (SSSR count). The minimum absolute atomic E-state index is 0.0413. The van der Waals surface area contributed by atoms with Crippen molar-refractivity contribution in [3.63, 3.8) is 0 Å². The number of nitrogens with one attached hydrogen (secondary N) is 1. The number of hydrogen-bond acceptors (Lipinski definition) is 2. The Kier molecular flexibility index (Phi) is 3.25. The molecule has 3 nitrogen and oxygen atoms in total. The molecular formula is C8H11NO2S. The molecule has 66 valence electrons. The second-order valence-corrected chi connectivity index (χ2v) is 3.48. The van der Waals surface area contributed by atoms with E-state index in [4.69, 9.17) is 5.11 Å². The molecule has 4 heteroatoms. The maximum atomic E-state index is 10.8. The van der Waals surface area contributed by atoms with Gasteiger partial charge in [-0.25, -0.2) is 4.21 Å². The molecule has 2 N–H and O–H groups in total. The van der Waals surface area contributed by atoms with E-state index in [1.807, 2.05) is 12.1 Å². The molecular weight excluding hydrogens is 174 g/mol. The van der Waals surface area contributed by atoms with Gasteiger partial charge in [0.1, 0.15) is 11.0 Å². The van der Waals surface area contributed by atoms with Gasteiger partial charge in [-0.3, -0.25) is 0 Å². The number of hydrogen-bond donors (Lipinski definition) is 2. The van der Waals surface area contributed by atoms with Gasteiger partial charge in [-0.15, -0.1) is 0 Å². The van der Waals surface area contributed by atoms with Crippen LogP contribution in [0.3, 0.4) is 0 Å². The molecule has 0 aromatic heterocycles. The summed E-state index contributed by atoms with van der Waals surface area (Å²) in [5, 5.41) is 8.89. The maximum absolute atomic E-state index is 10.8. The minimum Gasteiger partial charge on any atom is -0.392 e. The molecule has 1 aromatic rings. The zero-order chi connectivity index (χ0) is 8.97. The molecule has 0 saturated carbocycles. The van der Waals surface area contributed by atoms with E-state index in [0.717, 1.165) is 11.3 Å². The molecule has 0 aliphatic carbocycles. The predicted octanol–water partition coefficient (Wildman–Crippen LogP) is 0.884. The van der Waals surface area contributed by atoms with E-state index >= 15 is 0 Å². The number of anilines is 1. The third-order valence-corrected chi connectivity index (χ3v) is 1.95. The molecule has 0 amide bonds. The number of para-hydroxylation sites is 1. The Morgan fingerprint density at radius 2 is 2.17 bits per heavy atom. The van der Waals surface area contributed by atoms with Gasteiger partial charge >= 0.3 is 0 Å². The van der Waals surface area contributed by atoms with E-state index in [1.165, 1.54) is 0 Å². The van der Waals surface area contributed by atoms with Crippen molar-refractivity contribution < 1.29 is 9.32 Å². The van der Waals surface area contributed by atoms with E-state index in [2.05, 4.69) is 4.72 Å². The average Bonchev–Trinajstić information content (AvgIpc) is 2.04. The zero-order valence-electron chi connectivity index (χ0n) is 6.78. The third kappa shape index (κ3) is 2.32. The molecule has 0 aliphatic heterocycles. The van der Waals surface area contributed by atoms with Crippen molar-refractivity contribution in [2.45, 2.75) is 6.61 Å². The monoisotopic (exact) mass is 185 g/mol. The van der Waals surface area contributed by atoms with Crippen LogP contribution in [0.2, 0.25) is 0 Å². The van der Waals surface area contributed by atoms with Gasteiger partial charge < -0.3 is 9.83 Å². The highest BCUT2D eigenvalue weighted by atomic mass is 32.2. The summed E-state index contributed by atoms with van der Waals surface area (Å²) in [5.74, 6) is 0. The number of aliphatic hydroxyl groups is 1. The summed E-state index contributed by atoms with van der Waals surface area (Å²) in [4.78, 5) is 0. The van der Waals surface area contributed by atoms with Gasteiger partial charge in [-0.2, -0.15) is 0 Å². The third-order valence-electron chi connectivity index (χ3n) is 1.44. The number of benzene rings is 1. The van der Waals surface area contributed by atoms with E-state index in [1.54, 1.807) is 18.4 Å². The van der Waals surface area contributed by atoms with Gasteiger partial charge in [0.25, 0.3) is 0 Å². The molecule has 12 heavy (non-hydrogen) atoms. The second-order valence-electron chi connectivity index (χ2n) is 2.37. The minimum atomic E-state index is -1.09. The molecule has 0 spiro atoms. The van der Waals surface area contributed by atoms with Gasteiger partial charge in [0.05, 0.1) is 12.3 Å². The van der Waals surface area contributed by atoms with Crippen molar-refractivity contribution in [2.24, 2.45) is 0 Å². The first-order chi connectivity index (χ1) is 5.74. The average molecular weight is 185 g/mol. The van der Waals surface area contributed by atoms with Gasteiger partial charge in [0.15, 0.2) is 0 Å². The topological polar surface area (TPSA) is 49.3 Å². The van der Waals surface area contributed by atoms with Crippen molar-refractivity contribution >= 4 is 16.7 Å². The van der Waals surface area contributed by atoms with Crippen molar-refractivity contribution in [3.8, 4) is 0 Å². The highest BCUT2D eigenvalue weighted by molar-refractivity contribution is 7.85. The van der Waals surface area contributed by atoms with Crippen LogP contribution in [0.1, 0.15) is 5.56 Å². The lowest BCUT2D eigenvalue weighted by Gasteiger charge is -2.06. The molecule has 0 radical (unpaired) electrons. The Bertz CT molecular complexity index is 288. The summed E-state index contributed by atoms with van der Waals surface area (Å²) in [6, 6.07) is 7.23. The summed E-state index contributed by atoms with van der Waals surface area (Å²) < 4.78 is 13.5. The zero-order valence-corrected chi connectivity index (χ0v) is 7.60. The van der Waals surface area contributed by atoms with E-state index in [0.29, 0.717) is 0 Å². The SMILES string of the molecule is CS(=O)Nc1ccccc1CO. The van der Waals surface area contributed by atoms with Crippen LogP contribution < -0.4 is 4.72 Å². The standard InChI is InChI=1S/C8H11NO2S/c1-12(11)9-8-5-3-2-4-7(8)6-10/h2-5,9-10H,6H2,1H3. The summed E-state index contributed by atoms with van der Waals surface area (Å²) >= 11 is 0. The fourth-order valence-electron chi connectivity index (χ4n) is 0.913. The molecule has 0 aliphatic rings.